The summed E-state index contributed by atoms with van der Waals surface area (Å²) in [5, 5.41) is 0. The van der Waals surface area contributed by atoms with Gasteiger partial charge in [-0.2, -0.15) is 17.4 Å². The van der Waals surface area contributed by atoms with E-state index in [9.17, 15) is 21.6 Å². The third-order valence-corrected chi connectivity index (χ3v) is 4.98. The second-order valence-electron chi connectivity index (χ2n) is 4.26. The average Bonchev–Trinajstić information content (AvgIpc) is 2.21. The molecule has 0 aromatic rings. The maximum Gasteiger partial charge on any atom is 0.306 e. The Morgan fingerprint density at radius 2 is 1.84 bits per heavy atom. The van der Waals surface area contributed by atoms with Crippen molar-refractivity contribution in [1.29, 1.82) is 0 Å². The SMILES string of the molecule is COC(=O)CCN(C)S(=O)(=O)NC(C)CS(C)(=O)=O. The molecule has 0 bridgehead atoms. The molecule has 0 radical (unpaired) electrons. The van der Waals surface area contributed by atoms with E-state index in [-0.39, 0.29) is 18.7 Å². The topological polar surface area (TPSA) is 110 Å². The van der Waals surface area contributed by atoms with Gasteiger partial charge >= 0.3 is 5.97 Å². The van der Waals surface area contributed by atoms with E-state index in [0.29, 0.717) is 0 Å². The average molecular weight is 316 g/mol. The second kappa shape index (κ2) is 7.17. The minimum Gasteiger partial charge on any atom is -0.469 e. The highest BCUT2D eigenvalue weighted by Crippen LogP contribution is 2.00. The molecular formula is C9H20N2O6S2. The molecule has 8 nitrogen and oxygen atoms in total. The van der Waals surface area contributed by atoms with Crippen molar-refractivity contribution in [2.45, 2.75) is 19.4 Å². The molecule has 114 valence electrons. The van der Waals surface area contributed by atoms with E-state index < -0.39 is 32.1 Å². The van der Waals surface area contributed by atoms with Crippen molar-refractivity contribution in [1.82, 2.24) is 9.03 Å². The summed E-state index contributed by atoms with van der Waals surface area (Å²) >= 11 is 0. The molecular weight excluding hydrogens is 296 g/mol. The van der Waals surface area contributed by atoms with Crippen LogP contribution < -0.4 is 4.72 Å². The van der Waals surface area contributed by atoms with E-state index in [1.807, 2.05) is 0 Å². The first kappa shape index (κ1) is 18.3. The van der Waals surface area contributed by atoms with Gasteiger partial charge in [0.25, 0.3) is 10.2 Å². The Bertz CT molecular complexity index is 499. The summed E-state index contributed by atoms with van der Waals surface area (Å²) in [6, 6.07) is -0.749. The first-order valence-electron chi connectivity index (χ1n) is 5.46. The lowest BCUT2D eigenvalue weighted by atomic mass is 10.4. The van der Waals surface area contributed by atoms with Crippen molar-refractivity contribution in [3.05, 3.63) is 0 Å². The fraction of sp³-hybridized carbons (Fsp3) is 0.889. The lowest BCUT2D eigenvalue weighted by Gasteiger charge is -2.20. The highest BCUT2D eigenvalue weighted by atomic mass is 32.2. The van der Waals surface area contributed by atoms with Crippen LogP contribution in [0.4, 0.5) is 0 Å². The molecule has 19 heavy (non-hydrogen) atoms. The molecule has 0 aliphatic heterocycles. The van der Waals surface area contributed by atoms with Crippen molar-refractivity contribution >= 4 is 26.0 Å². The summed E-state index contributed by atoms with van der Waals surface area (Å²) in [6.07, 6.45) is 0.952. The van der Waals surface area contributed by atoms with Gasteiger partial charge in [0.05, 0.1) is 19.3 Å². The summed E-state index contributed by atoms with van der Waals surface area (Å²) in [5.41, 5.74) is 0. The fourth-order valence-corrected chi connectivity index (χ4v) is 3.50. The highest BCUT2D eigenvalue weighted by Gasteiger charge is 2.22. The van der Waals surface area contributed by atoms with Gasteiger partial charge in [0, 0.05) is 25.9 Å². The molecule has 0 fully saturated rings. The highest BCUT2D eigenvalue weighted by molar-refractivity contribution is 7.90. The number of methoxy groups -OCH3 is 1. The van der Waals surface area contributed by atoms with Crippen molar-refractivity contribution in [2.24, 2.45) is 0 Å². The van der Waals surface area contributed by atoms with Gasteiger partial charge in [0.15, 0.2) is 0 Å². The van der Waals surface area contributed by atoms with Gasteiger partial charge in [-0.1, -0.05) is 0 Å². The van der Waals surface area contributed by atoms with E-state index in [4.69, 9.17) is 0 Å². The third-order valence-electron chi connectivity index (χ3n) is 2.17. The molecule has 0 heterocycles. The molecule has 10 heteroatoms. The lowest BCUT2D eigenvalue weighted by molar-refractivity contribution is -0.140. The largest absolute Gasteiger partial charge is 0.469 e. The molecule has 0 spiro atoms. The number of hydrogen-bond donors (Lipinski definition) is 1. The predicted octanol–water partition coefficient (Wildman–Crippen LogP) is -1.25. The number of carbonyl (C=O) groups excluding carboxylic acids is 1. The minimum absolute atomic E-state index is 0.0480. The summed E-state index contributed by atoms with van der Waals surface area (Å²) in [7, 11) is -4.59. The van der Waals surface area contributed by atoms with Gasteiger partial charge in [0.1, 0.15) is 9.84 Å². The maximum absolute atomic E-state index is 11.8. The molecule has 1 atom stereocenters. The van der Waals surface area contributed by atoms with Gasteiger partial charge in [-0.05, 0) is 6.92 Å². The van der Waals surface area contributed by atoms with E-state index in [0.717, 1.165) is 10.6 Å². The molecule has 1 N–H and O–H groups in total. The first-order valence-corrected chi connectivity index (χ1v) is 8.96. The zero-order valence-electron chi connectivity index (χ0n) is 11.4. The van der Waals surface area contributed by atoms with Gasteiger partial charge in [-0.25, -0.2) is 8.42 Å². The molecule has 0 aromatic carbocycles. The van der Waals surface area contributed by atoms with Crippen LogP contribution in [0.1, 0.15) is 13.3 Å². The van der Waals surface area contributed by atoms with Crippen LogP contribution in [0.3, 0.4) is 0 Å². The number of esters is 1. The number of ether oxygens (including phenoxy) is 1. The Morgan fingerprint density at radius 3 is 2.26 bits per heavy atom. The van der Waals surface area contributed by atoms with Gasteiger partial charge < -0.3 is 4.74 Å². The number of hydrogen-bond acceptors (Lipinski definition) is 6. The number of rotatable bonds is 8. The van der Waals surface area contributed by atoms with Crippen molar-refractivity contribution in [3.8, 4) is 0 Å². The van der Waals surface area contributed by atoms with Crippen molar-refractivity contribution in [3.63, 3.8) is 0 Å². The zero-order valence-corrected chi connectivity index (χ0v) is 13.0. The van der Waals surface area contributed by atoms with Crippen LogP contribution in [0.2, 0.25) is 0 Å². The smallest absolute Gasteiger partial charge is 0.306 e. The Kier molecular flexibility index (Phi) is 6.91. The quantitative estimate of drug-likeness (QED) is 0.560. The normalized spacial score (nSPS) is 14.4. The van der Waals surface area contributed by atoms with Crippen molar-refractivity contribution in [2.75, 3.05) is 32.7 Å². The van der Waals surface area contributed by atoms with Gasteiger partial charge in [-0.15, -0.1) is 0 Å². The molecule has 0 amide bonds. The molecule has 0 aliphatic rings. The molecule has 0 aromatic heterocycles. The first-order chi connectivity index (χ1) is 8.48. The number of nitrogens with zero attached hydrogens (tertiary/aromatic N) is 1. The Hall–Kier alpha value is -0.710. The number of sulfone groups is 1. The second-order valence-corrected chi connectivity index (χ2v) is 8.26. The number of nitrogens with one attached hydrogen (secondary N) is 1. The molecule has 0 rings (SSSR count). The van der Waals surface area contributed by atoms with E-state index >= 15 is 0 Å². The summed E-state index contributed by atoms with van der Waals surface area (Å²) in [6.45, 7) is 1.40. The Balaban J connectivity index is 4.49. The Morgan fingerprint density at radius 1 is 1.32 bits per heavy atom. The van der Waals surface area contributed by atoms with E-state index in [2.05, 4.69) is 9.46 Å². The van der Waals surface area contributed by atoms with Crippen LogP contribution in [0.5, 0.6) is 0 Å². The standard InChI is InChI=1S/C9H20N2O6S2/c1-8(7-18(4,13)14)10-19(15,16)11(2)6-5-9(12)17-3/h8,10H,5-7H2,1-4H3. The van der Waals surface area contributed by atoms with E-state index in [1.54, 1.807) is 0 Å². The number of carbonyl (C=O) groups is 1. The summed E-state index contributed by atoms with van der Waals surface area (Å²) < 4.78 is 53.2. The third kappa shape index (κ3) is 8.14. The molecule has 0 aliphatic carbocycles. The van der Waals surface area contributed by atoms with Crippen LogP contribution in [0, 0.1) is 0 Å². The fourth-order valence-electron chi connectivity index (χ4n) is 1.30. The predicted molar refractivity (Wildman–Crippen MR) is 70.5 cm³/mol. The molecule has 0 saturated heterocycles. The van der Waals surface area contributed by atoms with Gasteiger partial charge in [-0.3, -0.25) is 4.79 Å². The zero-order chi connectivity index (χ0) is 15.3. The Labute approximate surface area is 114 Å². The minimum atomic E-state index is -3.82. The van der Waals surface area contributed by atoms with Crippen LogP contribution in [-0.4, -0.2) is 65.9 Å². The molecule has 1 unspecified atom stereocenters. The van der Waals surface area contributed by atoms with Gasteiger partial charge in [0.2, 0.25) is 0 Å². The molecule has 0 saturated carbocycles. The van der Waals surface area contributed by atoms with Crippen LogP contribution in [-0.2, 0) is 29.6 Å². The van der Waals surface area contributed by atoms with Crippen LogP contribution in [0.15, 0.2) is 0 Å². The summed E-state index contributed by atoms with van der Waals surface area (Å²) in [4.78, 5) is 10.9. The monoisotopic (exact) mass is 316 g/mol. The van der Waals surface area contributed by atoms with Crippen LogP contribution >= 0.6 is 0 Å². The van der Waals surface area contributed by atoms with Crippen molar-refractivity contribution < 1.29 is 26.4 Å². The van der Waals surface area contributed by atoms with E-state index in [1.165, 1.54) is 21.1 Å². The lowest BCUT2D eigenvalue weighted by Crippen LogP contribution is -2.45. The summed E-state index contributed by atoms with van der Waals surface area (Å²) in [5.74, 6) is -0.817. The van der Waals surface area contributed by atoms with Crippen LogP contribution in [0.25, 0.3) is 0 Å². The maximum atomic E-state index is 11.8.